The SMILES string of the molecule is COc1cc(F)c(Br)cc1C(O)C(C)N. The minimum Gasteiger partial charge on any atom is -0.496 e. The first-order valence-corrected chi connectivity index (χ1v) is 5.23. The number of ether oxygens (including phenoxy) is 1. The van der Waals surface area contributed by atoms with Gasteiger partial charge in [0.05, 0.1) is 17.7 Å². The van der Waals surface area contributed by atoms with E-state index in [4.69, 9.17) is 10.5 Å². The summed E-state index contributed by atoms with van der Waals surface area (Å²) in [5, 5.41) is 9.78. The minimum atomic E-state index is -0.878. The monoisotopic (exact) mass is 277 g/mol. The maximum Gasteiger partial charge on any atom is 0.141 e. The van der Waals surface area contributed by atoms with E-state index < -0.39 is 18.0 Å². The number of hydrogen-bond acceptors (Lipinski definition) is 3. The van der Waals surface area contributed by atoms with E-state index in [2.05, 4.69) is 15.9 Å². The highest BCUT2D eigenvalue weighted by molar-refractivity contribution is 9.10. The molecule has 1 aromatic carbocycles. The van der Waals surface area contributed by atoms with E-state index in [0.717, 1.165) is 0 Å². The Morgan fingerprint density at radius 3 is 2.60 bits per heavy atom. The summed E-state index contributed by atoms with van der Waals surface area (Å²) in [5.74, 6) is -0.145. The molecule has 0 fully saturated rings. The van der Waals surface area contributed by atoms with Gasteiger partial charge < -0.3 is 15.6 Å². The average molecular weight is 278 g/mol. The van der Waals surface area contributed by atoms with Crippen LogP contribution in [0.2, 0.25) is 0 Å². The third-order valence-corrected chi connectivity index (χ3v) is 2.70. The van der Waals surface area contributed by atoms with E-state index in [1.807, 2.05) is 0 Å². The van der Waals surface area contributed by atoms with Crippen molar-refractivity contribution in [2.24, 2.45) is 5.73 Å². The Hall–Kier alpha value is -0.650. The molecule has 0 aliphatic rings. The van der Waals surface area contributed by atoms with Crippen LogP contribution in [0.4, 0.5) is 4.39 Å². The molecule has 84 valence electrons. The molecule has 3 nitrogen and oxygen atoms in total. The zero-order chi connectivity index (χ0) is 11.6. The second kappa shape index (κ2) is 4.92. The Morgan fingerprint density at radius 1 is 1.53 bits per heavy atom. The Morgan fingerprint density at radius 2 is 2.13 bits per heavy atom. The molecule has 1 rings (SSSR count). The molecule has 3 N–H and O–H groups in total. The molecule has 0 aliphatic heterocycles. The third-order valence-electron chi connectivity index (χ3n) is 2.09. The third kappa shape index (κ3) is 2.68. The van der Waals surface area contributed by atoms with Gasteiger partial charge in [0.1, 0.15) is 11.6 Å². The fourth-order valence-electron chi connectivity index (χ4n) is 1.24. The molecule has 0 aliphatic carbocycles. The summed E-state index contributed by atoms with van der Waals surface area (Å²) in [4.78, 5) is 0. The summed E-state index contributed by atoms with van der Waals surface area (Å²) in [7, 11) is 1.42. The van der Waals surface area contributed by atoms with Crippen molar-refractivity contribution in [3.05, 3.63) is 28.0 Å². The van der Waals surface area contributed by atoms with Crippen LogP contribution in [-0.2, 0) is 0 Å². The van der Waals surface area contributed by atoms with Crippen LogP contribution in [0.25, 0.3) is 0 Å². The highest BCUT2D eigenvalue weighted by Crippen LogP contribution is 2.31. The van der Waals surface area contributed by atoms with E-state index in [1.165, 1.54) is 19.2 Å². The summed E-state index contributed by atoms with van der Waals surface area (Å²) in [6, 6.07) is 2.24. The van der Waals surface area contributed by atoms with Gasteiger partial charge in [-0.05, 0) is 28.9 Å². The van der Waals surface area contributed by atoms with E-state index in [9.17, 15) is 9.50 Å². The molecule has 0 heterocycles. The van der Waals surface area contributed by atoms with Gasteiger partial charge in [0.15, 0.2) is 0 Å². The molecule has 0 amide bonds. The van der Waals surface area contributed by atoms with Crippen LogP contribution >= 0.6 is 15.9 Å². The minimum absolute atomic E-state index is 0.276. The van der Waals surface area contributed by atoms with Gasteiger partial charge in [-0.25, -0.2) is 4.39 Å². The molecule has 1 aromatic rings. The molecule has 2 atom stereocenters. The van der Waals surface area contributed by atoms with Crippen molar-refractivity contribution in [2.75, 3.05) is 7.11 Å². The number of benzene rings is 1. The highest BCUT2D eigenvalue weighted by atomic mass is 79.9. The predicted octanol–water partition coefficient (Wildman–Crippen LogP) is 1.98. The summed E-state index contributed by atoms with van der Waals surface area (Å²) in [5.41, 5.74) is 6.04. The fraction of sp³-hybridized carbons (Fsp3) is 0.400. The van der Waals surface area contributed by atoms with Crippen molar-refractivity contribution in [1.29, 1.82) is 0 Å². The van der Waals surface area contributed by atoms with Crippen LogP contribution < -0.4 is 10.5 Å². The first kappa shape index (κ1) is 12.4. The van der Waals surface area contributed by atoms with Crippen molar-refractivity contribution in [3.8, 4) is 5.75 Å². The lowest BCUT2D eigenvalue weighted by molar-refractivity contribution is 0.149. The Kier molecular flexibility index (Phi) is 4.07. The number of aliphatic hydroxyl groups is 1. The molecule has 15 heavy (non-hydrogen) atoms. The van der Waals surface area contributed by atoms with E-state index in [-0.39, 0.29) is 4.47 Å². The molecular formula is C10H13BrFNO2. The first-order chi connectivity index (χ1) is 6.97. The van der Waals surface area contributed by atoms with Gasteiger partial charge in [-0.1, -0.05) is 0 Å². The highest BCUT2D eigenvalue weighted by Gasteiger charge is 2.19. The van der Waals surface area contributed by atoms with Crippen molar-refractivity contribution in [1.82, 2.24) is 0 Å². The number of halogens is 2. The van der Waals surface area contributed by atoms with E-state index in [0.29, 0.717) is 11.3 Å². The number of rotatable bonds is 3. The van der Waals surface area contributed by atoms with Gasteiger partial charge in [-0.15, -0.1) is 0 Å². The Labute approximate surface area is 96.2 Å². The van der Waals surface area contributed by atoms with Crippen LogP contribution in [0.5, 0.6) is 5.75 Å². The maximum absolute atomic E-state index is 13.2. The number of methoxy groups -OCH3 is 1. The van der Waals surface area contributed by atoms with Gasteiger partial charge in [0.2, 0.25) is 0 Å². The number of nitrogens with two attached hydrogens (primary N) is 1. The van der Waals surface area contributed by atoms with Gasteiger partial charge in [0.25, 0.3) is 0 Å². The van der Waals surface area contributed by atoms with Gasteiger partial charge in [0, 0.05) is 17.7 Å². The standard InChI is InChI=1S/C10H13BrFNO2/c1-5(13)10(14)6-3-7(11)8(12)4-9(6)15-2/h3-5,10,14H,13H2,1-2H3. The van der Waals surface area contributed by atoms with E-state index >= 15 is 0 Å². The fourth-order valence-corrected chi connectivity index (χ4v) is 1.60. The number of hydrogen-bond donors (Lipinski definition) is 2. The second-order valence-electron chi connectivity index (χ2n) is 3.31. The van der Waals surface area contributed by atoms with Crippen LogP contribution in [0.3, 0.4) is 0 Å². The Bertz CT molecular complexity index is 358. The molecule has 0 saturated heterocycles. The van der Waals surface area contributed by atoms with Crippen molar-refractivity contribution in [2.45, 2.75) is 19.1 Å². The first-order valence-electron chi connectivity index (χ1n) is 4.44. The largest absolute Gasteiger partial charge is 0.496 e. The van der Waals surface area contributed by atoms with Gasteiger partial charge >= 0.3 is 0 Å². The van der Waals surface area contributed by atoms with Gasteiger partial charge in [-0.3, -0.25) is 0 Å². The molecule has 5 heteroatoms. The van der Waals surface area contributed by atoms with Crippen molar-refractivity contribution >= 4 is 15.9 Å². The molecule has 2 unspecified atom stereocenters. The van der Waals surface area contributed by atoms with Crippen molar-refractivity contribution < 1.29 is 14.2 Å². The summed E-state index contributed by atoms with van der Waals surface area (Å²) < 4.78 is 18.4. The van der Waals surface area contributed by atoms with Crippen LogP contribution in [0.1, 0.15) is 18.6 Å². The topological polar surface area (TPSA) is 55.5 Å². The average Bonchev–Trinajstić information content (AvgIpc) is 2.20. The summed E-state index contributed by atoms with van der Waals surface area (Å²) in [6.07, 6.45) is -0.878. The quantitative estimate of drug-likeness (QED) is 0.888. The predicted molar refractivity (Wildman–Crippen MR) is 59.3 cm³/mol. The molecule has 0 radical (unpaired) electrons. The molecular weight excluding hydrogens is 265 g/mol. The van der Waals surface area contributed by atoms with Crippen LogP contribution in [-0.4, -0.2) is 18.3 Å². The molecule has 0 spiro atoms. The smallest absolute Gasteiger partial charge is 0.141 e. The van der Waals surface area contributed by atoms with Crippen LogP contribution in [0.15, 0.2) is 16.6 Å². The maximum atomic E-state index is 13.2. The van der Waals surface area contributed by atoms with Crippen LogP contribution in [0, 0.1) is 5.82 Å². The lowest BCUT2D eigenvalue weighted by Crippen LogP contribution is -2.24. The molecule has 0 bridgehead atoms. The summed E-state index contributed by atoms with van der Waals surface area (Å²) >= 11 is 3.04. The second-order valence-corrected chi connectivity index (χ2v) is 4.17. The lowest BCUT2D eigenvalue weighted by atomic mass is 10.0. The number of aliphatic hydroxyl groups excluding tert-OH is 1. The molecule has 0 aromatic heterocycles. The Balaban J connectivity index is 3.21. The van der Waals surface area contributed by atoms with Crippen molar-refractivity contribution in [3.63, 3.8) is 0 Å². The summed E-state index contributed by atoms with van der Waals surface area (Å²) in [6.45, 7) is 1.67. The van der Waals surface area contributed by atoms with Gasteiger partial charge in [-0.2, -0.15) is 0 Å². The normalized spacial score (nSPS) is 14.8. The zero-order valence-electron chi connectivity index (χ0n) is 8.50. The molecule has 0 saturated carbocycles. The zero-order valence-corrected chi connectivity index (χ0v) is 10.1. The van der Waals surface area contributed by atoms with E-state index in [1.54, 1.807) is 6.92 Å². The lowest BCUT2D eigenvalue weighted by Gasteiger charge is -2.18.